The molecule has 0 fully saturated rings. The van der Waals surface area contributed by atoms with E-state index >= 15 is 0 Å². The van der Waals surface area contributed by atoms with Crippen LogP contribution in [0.2, 0.25) is 0 Å². The summed E-state index contributed by atoms with van der Waals surface area (Å²) in [4.78, 5) is 0. The third kappa shape index (κ3) is 5.88. The molecule has 16 heavy (non-hydrogen) atoms. The number of sulfone groups is 1. The Morgan fingerprint density at radius 3 is 2.25 bits per heavy atom. The van der Waals surface area contributed by atoms with E-state index in [9.17, 15) is 16.8 Å². The predicted octanol–water partition coefficient (Wildman–Crippen LogP) is -1.57. The molecular weight excluding hydrogens is 258 g/mol. The number of amidine groups is 1. The molecule has 96 valence electrons. The highest BCUT2D eigenvalue weighted by atomic mass is 32.3. The summed E-state index contributed by atoms with van der Waals surface area (Å²) < 4.78 is 46.4. The fraction of sp³-hybridized carbons (Fsp3) is 0.833. The maximum absolute atomic E-state index is 11.4. The summed E-state index contributed by atoms with van der Waals surface area (Å²) in [5.41, 5.74) is 5.22. The van der Waals surface area contributed by atoms with E-state index in [0.29, 0.717) is 0 Å². The van der Waals surface area contributed by atoms with Crippen LogP contribution in [0.5, 0.6) is 0 Å². The molecule has 8 nitrogen and oxygen atoms in total. The lowest BCUT2D eigenvalue weighted by atomic mass is 10.2. The Morgan fingerprint density at radius 1 is 1.44 bits per heavy atom. The summed E-state index contributed by atoms with van der Waals surface area (Å²) in [6.07, 6.45) is 1.04. The van der Waals surface area contributed by atoms with Gasteiger partial charge in [0.15, 0.2) is 20.8 Å². The van der Waals surface area contributed by atoms with Crippen molar-refractivity contribution < 1.29 is 22.0 Å². The van der Waals surface area contributed by atoms with Gasteiger partial charge in [-0.2, -0.15) is 0 Å². The molecule has 0 saturated carbocycles. The standard InChI is InChI=1S/C6H15N3O5S2/c1-3-5(6(7)8-10)9-16(13,14)4-15(2,11)12/h5,9-10H,3-4H2,1-2H3,(H2,7,8). The van der Waals surface area contributed by atoms with E-state index in [1.54, 1.807) is 6.92 Å². The molecule has 0 aromatic carbocycles. The van der Waals surface area contributed by atoms with Gasteiger partial charge in [0.25, 0.3) is 0 Å². The van der Waals surface area contributed by atoms with Crippen molar-refractivity contribution in [2.45, 2.75) is 19.4 Å². The minimum Gasteiger partial charge on any atom is -0.409 e. The van der Waals surface area contributed by atoms with E-state index in [2.05, 4.69) is 5.16 Å². The Bertz CT molecular complexity index is 453. The van der Waals surface area contributed by atoms with Crippen molar-refractivity contribution in [2.75, 3.05) is 11.3 Å². The summed E-state index contributed by atoms with van der Waals surface area (Å²) in [5.74, 6) is -0.320. The first-order chi connectivity index (χ1) is 7.11. The predicted molar refractivity (Wildman–Crippen MR) is 59.3 cm³/mol. The van der Waals surface area contributed by atoms with E-state index < -0.39 is 31.0 Å². The van der Waals surface area contributed by atoms with Crippen LogP contribution in [0.3, 0.4) is 0 Å². The summed E-state index contributed by atoms with van der Waals surface area (Å²) >= 11 is 0. The molecule has 1 unspecified atom stereocenters. The van der Waals surface area contributed by atoms with Crippen LogP contribution in [-0.2, 0) is 19.9 Å². The quantitative estimate of drug-likeness (QED) is 0.231. The Balaban J connectivity index is 4.83. The van der Waals surface area contributed by atoms with E-state index in [0.717, 1.165) is 6.26 Å². The van der Waals surface area contributed by atoms with Crippen molar-refractivity contribution >= 4 is 25.7 Å². The first-order valence-corrected chi connectivity index (χ1v) is 7.97. The van der Waals surface area contributed by atoms with Gasteiger partial charge in [0, 0.05) is 6.26 Å². The van der Waals surface area contributed by atoms with Crippen molar-refractivity contribution in [3.05, 3.63) is 0 Å². The minimum atomic E-state index is -4.02. The summed E-state index contributed by atoms with van der Waals surface area (Å²) in [7, 11) is -7.68. The summed E-state index contributed by atoms with van der Waals surface area (Å²) in [6, 6.07) is -0.920. The van der Waals surface area contributed by atoms with Crippen LogP contribution < -0.4 is 10.5 Å². The normalized spacial score (nSPS) is 16.0. The summed E-state index contributed by atoms with van der Waals surface area (Å²) in [6.45, 7) is 1.60. The van der Waals surface area contributed by atoms with Crippen LogP contribution in [0.15, 0.2) is 5.16 Å². The van der Waals surface area contributed by atoms with Gasteiger partial charge in [-0.05, 0) is 6.42 Å². The molecule has 0 radical (unpaired) electrons. The van der Waals surface area contributed by atoms with E-state index in [-0.39, 0.29) is 12.3 Å². The van der Waals surface area contributed by atoms with Gasteiger partial charge in [-0.3, -0.25) is 0 Å². The van der Waals surface area contributed by atoms with Gasteiger partial charge < -0.3 is 10.9 Å². The molecule has 10 heteroatoms. The van der Waals surface area contributed by atoms with Crippen LogP contribution in [0.1, 0.15) is 13.3 Å². The van der Waals surface area contributed by atoms with E-state index in [4.69, 9.17) is 10.9 Å². The zero-order chi connectivity index (χ0) is 13.0. The van der Waals surface area contributed by atoms with Gasteiger partial charge in [-0.15, -0.1) is 0 Å². The fourth-order valence-corrected chi connectivity index (χ4v) is 4.20. The third-order valence-electron chi connectivity index (χ3n) is 1.57. The molecule has 0 saturated heterocycles. The molecule has 0 aliphatic carbocycles. The highest BCUT2D eigenvalue weighted by Gasteiger charge is 2.23. The first-order valence-electron chi connectivity index (χ1n) is 4.26. The number of hydrogen-bond acceptors (Lipinski definition) is 6. The highest BCUT2D eigenvalue weighted by molar-refractivity contribution is 8.06. The topological polar surface area (TPSA) is 139 Å². The molecule has 0 spiro atoms. The molecule has 0 aromatic rings. The van der Waals surface area contributed by atoms with Crippen molar-refractivity contribution in [1.82, 2.24) is 4.72 Å². The highest BCUT2D eigenvalue weighted by Crippen LogP contribution is 1.98. The number of nitrogens with zero attached hydrogens (tertiary/aromatic N) is 1. The van der Waals surface area contributed by atoms with E-state index in [1.165, 1.54) is 0 Å². The number of sulfonamides is 1. The van der Waals surface area contributed by atoms with Gasteiger partial charge in [0.05, 0.1) is 6.04 Å². The molecule has 0 bridgehead atoms. The van der Waals surface area contributed by atoms with Gasteiger partial charge in [-0.25, -0.2) is 21.6 Å². The molecule has 1 atom stereocenters. The Hall–Kier alpha value is -0.870. The zero-order valence-corrected chi connectivity index (χ0v) is 10.5. The lowest BCUT2D eigenvalue weighted by molar-refractivity contribution is 0.315. The van der Waals surface area contributed by atoms with Crippen molar-refractivity contribution in [3.63, 3.8) is 0 Å². The fourth-order valence-electron chi connectivity index (χ4n) is 0.955. The maximum atomic E-state index is 11.4. The van der Waals surface area contributed by atoms with Crippen molar-refractivity contribution in [3.8, 4) is 0 Å². The Morgan fingerprint density at radius 2 is 1.94 bits per heavy atom. The van der Waals surface area contributed by atoms with Gasteiger partial charge in [0.1, 0.15) is 0 Å². The molecule has 0 heterocycles. The molecule has 0 aromatic heterocycles. The Labute approximate surface area is 94.5 Å². The molecule has 0 rings (SSSR count). The number of nitrogens with one attached hydrogen (secondary N) is 1. The summed E-state index contributed by atoms with van der Waals surface area (Å²) in [5, 5.41) is 10.0. The van der Waals surface area contributed by atoms with Gasteiger partial charge >= 0.3 is 0 Å². The molecule has 4 N–H and O–H groups in total. The SMILES string of the molecule is CCC(NS(=O)(=O)CS(C)(=O)=O)C(N)=NO. The van der Waals surface area contributed by atoms with Crippen molar-refractivity contribution in [1.29, 1.82) is 0 Å². The second-order valence-electron chi connectivity index (χ2n) is 3.26. The minimum absolute atomic E-state index is 0.235. The van der Waals surface area contributed by atoms with Crippen LogP contribution in [-0.4, -0.2) is 45.3 Å². The second-order valence-corrected chi connectivity index (χ2v) is 7.52. The lowest BCUT2D eigenvalue weighted by Crippen LogP contribution is -2.45. The van der Waals surface area contributed by atoms with E-state index in [1.807, 2.05) is 4.72 Å². The first kappa shape index (κ1) is 15.1. The smallest absolute Gasteiger partial charge is 0.226 e. The lowest BCUT2D eigenvalue weighted by Gasteiger charge is -2.14. The monoisotopic (exact) mass is 273 g/mol. The number of rotatable bonds is 6. The zero-order valence-electron chi connectivity index (χ0n) is 8.91. The second kappa shape index (κ2) is 5.46. The third-order valence-corrected chi connectivity index (χ3v) is 5.17. The van der Waals surface area contributed by atoms with Gasteiger partial charge in [0.2, 0.25) is 10.0 Å². The average molecular weight is 273 g/mol. The molecule has 0 aliphatic rings. The van der Waals surface area contributed by atoms with Gasteiger partial charge in [-0.1, -0.05) is 12.1 Å². The molecule has 0 aliphatic heterocycles. The van der Waals surface area contributed by atoms with Crippen LogP contribution in [0, 0.1) is 0 Å². The number of hydrogen-bond donors (Lipinski definition) is 3. The largest absolute Gasteiger partial charge is 0.409 e. The van der Waals surface area contributed by atoms with Crippen LogP contribution in [0.4, 0.5) is 0 Å². The number of nitrogens with two attached hydrogens (primary N) is 1. The molecule has 0 amide bonds. The van der Waals surface area contributed by atoms with Crippen LogP contribution >= 0.6 is 0 Å². The maximum Gasteiger partial charge on any atom is 0.226 e. The van der Waals surface area contributed by atoms with Crippen molar-refractivity contribution in [2.24, 2.45) is 10.9 Å². The Kier molecular flexibility index (Phi) is 5.16. The van der Waals surface area contributed by atoms with Crippen LogP contribution in [0.25, 0.3) is 0 Å². The number of oxime groups is 1. The molecular formula is C6H15N3O5S2. The average Bonchev–Trinajstić information content (AvgIpc) is 2.09.